The molecule has 41 heavy (non-hydrogen) atoms. The van der Waals surface area contributed by atoms with Crippen molar-refractivity contribution in [2.75, 3.05) is 36.9 Å². The molecule has 0 atom stereocenters. The minimum Gasteiger partial charge on any atom is -0.379 e. The van der Waals surface area contributed by atoms with Gasteiger partial charge in [0.25, 0.3) is 11.5 Å². The molecule has 2 aliphatic rings. The molecule has 1 aliphatic heterocycles. The van der Waals surface area contributed by atoms with Crippen molar-refractivity contribution in [3.05, 3.63) is 91.7 Å². The fourth-order valence-electron chi connectivity index (χ4n) is 5.57. The number of carbonyl (C=O) groups is 1. The van der Waals surface area contributed by atoms with Crippen molar-refractivity contribution in [2.24, 2.45) is 7.05 Å². The third kappa shape index (κ3) is 6.12. The Kier molecular flexibility index (Phi) is 8.00. The minimum absolute atomic E-state index is 0.0735. The van der Waals surface area contributed by atoms with Gasteiger partial charge in [-0.1, -0.05) is 18.2 Å². The van der Waals surface area contributed by atoms with Gasteiger partial charge < -0.3 is 19.9 Å². The smallest absolute Gasteiger partial charge is 0.274 e. The number of amides is 1. The Morgan fingerprint density at radius 3 is 2.68 bits per heavy atom. The van der Waals surface area contributed by atoms with Gasteiger partial charge in [-0.25, -0.2) is 4.98 Å². The Morgan fingerprint density at radius 1 is 1.07 bits per heavy atom. The van der Waals surface area contributed by atoms with Gasteiger partial charge >= 0.3 is 0 Å². The van der Waals surface area contributed by atoms with E-state index in [1.54, 1.807) is 23.0 Å². The van der Waals surface area contributed by atoms with E-state index in [4.69, 9.17) is 4.74 Å². The van der Waals surface area contributed by atoms with Crippen molar-refractivity contribution in [2.45, 2.75) is 39.2 Å². The summed E-state index contributed by atoms with van der Waals surface area (Å²) in [6.45, 7) is 6.19. The lowest BCUT2D eigenvalue weighted by Gasteiger charge is -2.26. The number of pyridine rings is 2. The lowest BCUT2D eigenvalue weighted by molar-refractivity contribution is 0.0341. The van der Waals surface area contributed by atoms with Crippen molar-refractivity contribution in [1.82, 2.24) is 14.5 Å². The number of nitrogens with zero attached hydrogens (tertiary/aromatic N) is 3. The highest BCUT2D eigenvalue weighted by Crippen LogP contribution is 2.32. The number of anilines is 3. The van der Waals surface area contributed by atoms with Crippen molar-refractivity contribution < 1.29 is 9.53 Å². The molecule has 1 aliphatic carbocycles. The molecule has 1 amide bonds. The van der Waals surface area contributed by atoms with Crippen LogP contribution in [0.1, 0.15) is 44.1 Å². The van der Waals surface area contributed by atoms with Crippen LogP contribution in [-0.4, -0.2) is 46.7 Å². The molecule has 6 rings (SSSR count). The summed E-state index contributed by atoms with van der Waals surface area (Å²) in [5, 5.41) is 6.35. The van der Waals surface area contributed by atoms with Gasteiger partial charge in [-0.3, -0.25) is 14.5 Å². The lowest BCUT2D eigenvalue weighted by Crippen LogP contribution is -2.35. The van der Waals surface area contributed by atoms with E-state index >= 15 is 0 Å². The molecule has 0 saturated carbocycles. The van der Waals surface area contributed by atoms with E-state index in [0.29, 0.717) is 11.5 Å². The van der Waals surface area contributed by atoms with E-state index in [9.17, 15) is 9.59 Å². The van der Waals surface area contributed by atoms with Crippen molar-refractivity contribution in [3.8, 4) is 11.1 Å². The second-order valence-corrected chi connectivity index (χ2v) is 12.0. The Morgan fingerprint density at radius 2 is 1.90 bits per heavy atom. The van der Waals surface area contributed by atoms with E-state index in [0.717, 1.165) is 78.5 Å². The fraction of sp³-hybridized carbons (Fsp3) is 0.344. The van der Waals surface area contributed by atoms with Crippen LogP contribution in [0, 0.1) is 6.92 Å². The van der Waals surface area contributed by atoms with Crippen molar-refractivity contribution >= 4 is 34.4 Å². The molecular weight excluding hydrogens is 534 g/mol. The molecule has 8 nitrogen and oxygen atoms in total. The van der Waals surface area contributed by atoms with Crippen LogP contribution >= 0.6 is 11.3 Å². The number of nitrogens with one attached hydrogen (secondary N) is 2. The quantitative estimate of drug-likeness (QED) is 0.305. The van der Waals surface area contributed by atoms with Crippen LogP contribution in [0.4, 0.5) is 17.2 Å². The first-order chi connectivity index (χ1) is 19.9. The molecule has 0 unspecified atom stereocenters. The summed E-state index contributed by atoms with van der Waals surface area (Å²) in [6.07, 6.45) is 8.20. The number of rotatable bonds is 7. The maximum absolute atomic E-state index is 13.2. The summed E-state index contributed by atoms with van der Waals surface area (Å²) < 4.78 is 7.01. The number of carbonyl (C=O) groups excluding carboxylic acids is 1. The summed E-state index contributed by atoms with van der Waals surface area (Å²) in [5.41, 5.74) is 6.27. The average Bonchev–Trinajstić information content (AvgIpc) is 3.43. The summed E-state index contributed by atoms with van der Waals surface area (Å²) in [6, 6.07) is 13.7. The number of morpholine rings is 1. The number of thiophene rings is 1. The summed E-state index contributed by atoms with van der Waals surface area (Å²) in [4.78, 5) is 35.2. The number of aryl methyl sites for hydroxylation is 3. The molecule has 3 aromatic heterocycles. The first-order valence-electron chi connectivity index (χ1n) is 14.2. The van der Waals surface area contributed by atoms with E-state index in [1.165, 1.54) is 23.3 Å². The van der Waals surface area contributed by atoms with Crippen molar-refractivity contribution in [3.63, 3.8) is 0 Å². The van der Waals surface area contributed by atoms with Crippen LogP contribution < -0.4 is 16.2 Å². The van der Waals surface area contributed by atoms with Gasteiger partial charge in [0.1, 0.15) is 11.5 Å². The zero-order valence-electron chi connectivity index (χ0n) is 23.5. The normalized spacial score (nSPS) is 15.4. The van der Waals surface area contributed by atoms with Crippen LogP contribution in [0.15, 0.2) is 59.7 Å². The largest absolute Gasteiger partial charge is 0.379 e. The number of hydrogen-bond donors (Lipinski definition) is 2. The number of ether oxygens (including phenoxy) is 1. The van der Waals surface area contributed by atoms with Crippen LogP contribution in [0.5, 0.6) is 0 Å². The molecule has 0 spiro atoms. The number of hydrogen-bond acceptors (Lipinski definition) is 7. The molecule has 4 heterocycles. The first-order valence-corrected chi connectivity index (χ1v) is 15.0. The van der Waals surface area contributed by atoms with E-state index < -0.39 is 0 Å². The standard InChI is InChI=1S/C32H35N5O3S/c1-21-25(7-5-8-26(21)35-31(38)29-17-23-6-3-4-9-28(23)41-29)24-16-27(32(39)36(2)20-24)34-30-11-10-22(18-33-30)19-37-12-14-40-15-13-37/h5,7-8,10-11,16-18,20H,3-4,6,9,12-15,19H2,1-2H3,(H,33,34)(H,35,38). The van der Waals surface area contributed by atoms with Gasteiger partial charge in [-0.2, -0.15) is 0 Å². The highest BCUT2D eigenvalue weighted by atomic mass is 32.1. The Bertz CT molecular complexity index is 1600. The second-order valence-electron chi connectivity index (χ2n) is 10.8. The van der Waals surface area contributed by atoms with E-state index in [1.807, 2.05) is 55.7 Å². The summed E-state index contributed by atoms with van der Waals surface area (Å²) >= 11 is 1.61. The Balaban J connectivity index is 1.21. The molecule has 2 N–H and O–H groups in total. The summed E-state index contributed by atoms with van der Waals surface area (Å²) in [7, 11) is 1.75. The molecule has 1 aromatic carbocycles. The van der Waals surface area contributed by atoms with Gasteiger partial charge in [-0.05, 0) is 79.1 Å². The predicted molar refractivity (Wildman–Crippen MR) is 164 cm³/mol. The highest BCUT2D eigenvalue weighted by Gasteiger charge is 2.19. The van der Waals surface area contributed by atoms with Crippen LogP contribution in [0.3, 0.4) is 0 Å². The van der Waals surface area contributed by atoms with Gasteiger partial charge in [-0.15, -0.1) is 11.3 Å². The zero-order valence-corrected chi connectivity index (χ0v) is 24.4. The lowest BCUT2D eigenvalue weighted by atomic mass is 9.99. The van der Waals surface area contributed by atoms with Gasteiger partial charge in [0.15, 0.2) is 0 Å². The molecule has 1 fully saturated rings. The van der Waals surface area contributed by atoms with E-state index in [-0.39, 0.29) is 11.5 Å². The number of aromatic nitrogens is 2. The third-order valence-corrected chi connectivity index (χ3v) is 9.13. The van der Waals surface area contributed by atoms with Gasteiger partial charge in [0.05, 0.1) is 18.1 Å². The first kappa shape index (κ1) is 27.4. The predicted octanol–water partition coefficient (Wildman–Crippen LogP) is 5.52. The zero-order chi connectivity index (χ0) is 28.3. The molecular formula is C32H35N5O3S. The monoisotopic (exact) mass is 569 g/mol. The molecule has 9 heteroatoms. The van der Waals surface area contributed by atoms with Crippen LogP contribution in [-0.2, 0) is 31.2 Å². The fourth-order valence-corrected chi connectivity index (χ4v) is 6.72. The molecule has 4 aromatic rings. The van der Waals surface area contributed by atoms with Gasteiger partial charge in [0.2, 0.25) is 0 Å². The molecule has 212 valence electrons. The third-order valence-electron chi connectivity index (χ3n) is 7.89. The second kappa shape index (κ2) is 12.0. The van der Waals surface area contributed by atoms with E-state index in [2.05, 4.69) is 26.6 Å². The highest BCUT2D eigenvalue weighted by molar-refractivity contribution is 7.14. The summed E-state index contributed by atoms with van der Waals surface area (Å²) in [5.74, 6) is 0.539. The van der Waals surface area contributed by atoms with Crippen LogP contribution in [0.2, 0.25) is 0 Å². The average molecular weight is 570 g/mol. The topological polar surface area (TPSA) is 88.5 Å². The minimum atomic E-state index is -0.142. The van der Waals surface area contributed by atoms with Gasteiger partial charge in [0, 0.05) is 55.2 Å². The molecule has 0 radical (unpaired) electrons. The number of fused-ring (bicyclic) bond motifs is 1. The Hall–Kier alpha value is -3.79. The van der Waals surface area contributed by atoms with Crippen molar-refractivity contribution in [1.29, 1.82) is 0 Å². The number of benzene rings is 1. The maximum Gasteiger partial charge on any atom is 0.274 e. The molecule has 0 bridgehead atoms. The Labute approximate surface area is 244 Å². The van der Waals surface area contributed by atoms with Crippen LogP contribution in [0.25, 0.3) is 11.1 Å². The maximum atomic E-state index is 13.2. The SMILES string of the molecule is Cc1c(NC(=O)c2cc3c(s2)CCCC3)cccc1-c1cc(Nc2ccc(CN3CCOCC3)cn2)c(=O)n(C)c1. The molecule has 1 saturated heterocycles.